The van der Waals surface area contributed by atoms with Gasteiger partial charge in [-0.05, 0) is 39.3 Å². The first-order valence-corrected chi connectivity index (χ1v) is 14.0. The van der Waals surface area contributed by atoms with Gasteiger partial charge in [0.05, 0.1) is 6.10 Å². The Hall–Kier alpha value is 0.500. The van der Waals surface area contributed by atoms with Crippen molar-refractivity contribution >= 4 is 24.0 Å². The molecule has 0 aliphatic carbocycles. The number of rotatable bonds is 23. The molecule has 31 heavy (non-hydrogen) atoms. The van der Waals surface area contributed by atoms with Crippen LogP contribution in [0.25, 0.3) is 0 Å². The topological polar surface area (TPSA) is 23.5 Å². The van der Waals surface area contributed by atoms with Gasteiger partial charge in [0.15, 0.2) is 0 Å². The molecule has 0 radical (unpaired) electrons. The molecule has 0 aromatic heterocycles. The minimum atomic E-state index is -0.245. The Morgan fingerprint density at radius 1 is 0.645 bits per heavy atom. The van der Waals surface area contributed by atoms with Crippen LogP contribution in [0.15, 0.2) is 0 Å². The zero-order valence-corrected chi connectivity index (χ0v) is 23.1. The quantitative estimate of drug-likeness (QED) is 0.116. The summed E-state index contributed by atoms with van der Waals surface area (Å²) >= 11 is 6.67. The zero-order chi connectivity index (χ0) is 22.5. The molecule has 0 saturated heterocycles. The number of aliphatic hydroxyl groups is 1. The van der Waals surface area contributed by atoms with Crippen LogP contribution in [0, 0.1) is 0 Å². The average Bonchev–Trinajstić information content (AvgIpc) is 2.71. The summed E-state index contributed by atoms with van der Waals surface area (Å²) in [6.45, 7) is 10.7. The van der Waals surface area contributed by atoms with E-state index in [1.807, 2.05) is 6.92 Å². The summed E-state index contributed by atoms with van der Waals surface area (Å²) in [4.78, 5) is 2.45. The lowest BCUT2D eigenvalue weighted by molar-refractivity contribution is 0.112. The van der Waals surface area contributed by atoms with Crippen molar-refractivity contribution in [1.29, 1.82) is 0 Å². The fourth-order valence-electron chi connectivity index (χ4n) is 4.68. The molecule has 4 heteroatoms. The molecule has 2 nitrogen and oxygen atoms in total. The van der Waals surface area contributed by atoms with E-state index in [1.54, 1.807) is 0 Å². The number of aliphatic hydroxyl groups excluding tert-OH is 1. The lowest BCUT2D eigenvalue weighted by Gasteiger charge is -2.32. The van der Waals surface area contributed by atoms with Crippen molar-refractivity contribution in [2.24, 2.45) is 0 Å². The molecule has 1 N–H and O–H groups in total. The summed E-state index contributed by atoms with van der Waals surface area (Å²) < 4.78 is 0. The molecule has 0 aromatic carbocycles. The van der Waals surface area contributed by atoms with Gasteiger partial charge in [-0.25, -0.2) is 0 Å². The Bertz CT molecular complexity index is 337. The molecule has 0 spiro atoms. The van der Waals surface area contributed by atoms with E-state index in [9.17, 15) is 5.11 Å². The molecular formula is C27H57Cl2NO. The van der Waals surface area contributed by atoms with Crippen molar-refractivity contribution in [1.82, 2.24) is 4.90 Å². The van der Waals surface area contributed by atoms with Crippen LogP contribution in [-0.4, -0.2) is 40.6 Å². The smallest absolute Gasteiger partial charge is 0.0527 e. The van der Waals surface area contributed by atoms with Crippen LogP contribution in [0.4, 0.5) is 0 Å². The van der Waals surface area contributed by atoms with Gasteiger partial charge in [-0.15, -0.1) is 24.0 Å². The van der Waals surface area contributed by atoms with Gasteiger partial charge < -0.3 is 10.0 Å². The molecule has 0 fully saturated rings. The second-order valence-corrected chi connectivity index (χ2v) is 10.1. The summed E-state index contributed by atoms with van der Waals surface area (Å²) in [5, 5.41) is 10.1. The number of unbranched alkanes of at least 4 members (excludes halogenated alkanes) is 14. The van der Waals surface area contributed by atoms with E-state index in [2.05, 4.69) is 25.7 Å². The van der Waals surface area contributed by atoms with Crippen molar-refractivity contribution in [3.05, 3.63) is 0 Å². The molecule has 190 valence electrons. The summed E-state index contributed by atoms with van der Waals surface area (Å²) in [6.07, 6.45) is 23.8. The highest BCUT2D eigenvalue weighted by Crippen LogP contribution is 2.21. The standard InChI is InChI=1S/C27H56ClNO.ClH/c1-5-8-9-10-11-12-13-14-15-16-17-18-19-20-21-22-26(28)24-27(23-25(4)30)29(6-2)7-3;/h25-27,30H,5-24H2,1-4H3;1H. The van der Waals surface area contributed by atoms with Crippen LogP contribution >= 0.6 is 24.0 Å². The number of halogens is 2. The maximum absolute atomic E-state index is 9.82. The van der Waals surface area contributed by atoms with Crippen LogP contribution in [0.1, 0.15) is 143 Å². The van der Waals surface area contributed by atoms with E-state index >= 15 is 0 Å². The number of hydrogen-bond donors (Lipinski definition) is 1. The number of alkyl halides is 1. The lowest BCUT2D eigenvalue weighted by atomic mass is 9.99. The highest BCUT2D eigenvalue weighted by atomic mass is 35.5. The summed E-state index contributed by atoms with van der Waals surface area (Å²) in [5.41, 5.74) is 0. The molecule has 0 heterocycles. The van der Waals surface area contributed by atoms with E-state index in [-0.39, 0.29) is 23.9 Å². The Kier molecular flexibility index (Phi) is 27.3. The summed E-state index contributed by atoms with van der Waals surface area (Å²) in [6, 6.07) is 0.416. The molecule has 0 saturated carbocycles. The lowest BCUT2D eigenvalue weighted by Crippen LogP contribution is -2.38. The monoisotopic (exact) mass is 481 g/mol. The third kappa shape index (κ3) is 22.1. The Labute approximate surface area is 207 Å². The molecule has 0 rings (SSSR count). The second-order valence-electron chi connectivity index (χ2n) is 9.53. The minimum absolute atomic E-state index is 0. The molecule has 0 aliphatic rings. The van der Waals surface area contributed by atoms with E-state index < -0.39 is 0 Å². The number of hydrogen-bond acceptors (Lipinski definition) is 2. The largest absolute Gasteiger partial charge is 0.393 e. The van der Waals surface area contributed by atoms with Crippen LogP contribution in [0.3, 0.4) is 0 Å². The predicted molar refractivity (Wildman–Crippen MR) is 144 cm³/mol. The van der Waals surface area contributed by atoms with Gasteiger partial charge in [0.1, 0.15) is 0 Å². The Balaban J connectivity index is 0. The third-order valence-electron chi connectivity index (χ3n) is 6.59. The van der Waals surface area contributed by atoms with Crippen molar-refractivity contribution < 1.29 is 5.11 Å². The normalized spacial score (nSPS) is 14.4. The van der Waals surface area contributed by atoms with E-state index in [0.717, 1.165) is 32.4 Å². The third-order valence-corrected chi connectivity index (χ3v) is 6.99. The van der Waals surface area contributed by atoms with E-state index in [4.69, 9.17) is 11.6 Å². The predicted octanol–water partition coefficient (Wildman–Crippen LogP) is 9.15. The highest BCUT2D eigenvalue weighted by Gasteiger charge is 2.21. The first-order valence-electron chi connectivity index (χ1n) is 13.6. The molecule has 0 aliphatic heterocycles. The maximum atomic E-state index is 9.82. The Morgan fingerprint density at radius 2 is 1.03 bits per heavy atom. The van der Waals surface area contributed by atoms with Crippen LogP contribution in [-0.2, 0) is 0 Å². The van der Waals surface area contributed by atoms with Gasteiger partial charge in [0.25, 0.3) is 0 Å². The number of nitrogens with zero attached hydrogens (tertiary/aromatic N) is 1. The van der Waals surface area contributed by atoms with E-state index in [0.29, 0.717) is 6.04 Å². The van der Waals surface area contributed by atoms with Gasteiger partial charge in [0.2, 0.25) is 0 Å². The van der Waals surface area contributed by atoms with Gasteiger partial charge in [-0.3, -0.25) is 0 Å². The molecule has 0 aromatic rings. The average molecular weight is 483 g/mol. The Morgan fingerprint density at radius 3 is 1.39 bits per heavy atom. The van der Waals surface area contributed by atoms with Crippen molar-refractivity contribution in [2.75, 3.05) is 13.1 Å². The van der Waals surface area contributed by atoms with Crippen LogP contribution in [0.5, 0.6) is 0 Å². The zero-order valence-electron chi connectivity index (χ0n) is 21.6. The molecule has 0 amide bonds. The van der Waals surface area contributed by atoms with Gasteiger partial charge in [0, 0.05) is 11.4 Å². The fraction of sp³-hybridized carbons (Fsp3) is 1.00. The van der Waals surface area contributed by atoms with Crippen LogP contribution < -0.4 is 0 Å². The minimum Gasteiger partial charge on any atom is -0.393 e. The van der Waals surface area contributed by atoms with Gasteiger partial charge >= 0.3 is 0 Å². The molecule has 0 bridgehead atoms. The van der Waals surface area contributed by atoms with Crippen LogP contribution in [0.2, 0.25) is 0 Å². The van der Waals surface area contributed by atoms with Gasteiger partial charge in [-0.1, -0.05) is 117 Å². The van der Waals surface area contributed by atoms with Crippen molar-refractivity contribution in [3.63, 3.8) is 0 Å². The van der Waals surface area contributed by atoms with E-state index in [1.165, 1.54) is 96.3 Å². The fourth-order valence-corrected chi connectivity index (χ4v) is 5.04. The molecule has 3 unspecified atom stereocenters. The molecular weight excluding hydrogens is 425 g/mol. The first kappa shape index (κ1) is 33.7. The van der Waals surface area contributed by atoms with Crippen molar-refractivity contribution in [3.8, 4) is 0 Å². The summed E-state index contributed by atoms with van der Waals surface area (Å²) in [5.74, 6) is 0. The highest BCUT2D eigenvalue weighted by molar-refractivity contribution is 6.20. The SMILES string of the molecule is CCCCCCCCCCCCCCCCCC(Cl)CC(CC(C)O)N(CC)CC.Cl. The maximum Gasteiger partial charge on any atom is 0.0527 e. The molecule has 3 atom stereocenters. The van der Waals surface area contributed by atoms with Gasteiger partial charge in [-0.2, -0.15) is 0 Å². The second kappa shape index (κ2) is 25.1. The first-order chi connectivity index (χ1) is 14.5. The van der Waals surface area contributed by atoms with Crippen molar-refractivity contribution in [2.45, 2.75) is 161 Å². The summed E-state index contributed by atoms with van der Waals surface area (Å²) in [7, 11) is 0.